The van der Waals surface area contributed by atoms with Crippen LogP contribution in [0.15, 0.2) is 54.0 Å². The number of thioether (sulfide) groups is 2. The average Bonchev–Trinajstić information content (AvgIpc) is 3.57. The zero-order valence-electron chi connectivity index (χ0n) is 20.9. The van der Waals surface area contributed by atoms with Crippen LogP contribution in [-0.4, -0.2) is 73.4 Å². The van der Waals surface area contributed by atoms with E-state index in [-0.39, 0.29) is 69.8 Å². The zero-order valence-corrected chi connectivity index (χ0v) is 26.2. The number of nitrogen functional groups attached to an aromatic ring is 1. The van der Waals surface area contributed by atoms with Gasteiger partial charge in [-0.1, -0.05) is 5.16 Å². The summed E-state index contributed by atoms with van der Waals surface area (Å²) in [5.41, 5.74) is 5.25. The topological polar surface area (TPSA) is 200 Å². The fourth-order valence-electron chi connectivity index (χ4n) is 4.30. The largest absolute Gasteiger partial charge is 1.00 e. The first-order chi connectivity index (χ1) is 19.2. The fraction of sp³-hybridized carbons (Fsp3) is 0.217. The molecule has 3 aromatic rings. The number of aliphatic imine (C=N–C) groups is 1. The van der Waals surface area contributed by atoms with E-state index in [9.17, 15) is 29.8 Å². The molecule has 3 aliphatic heterocycles. The number of nitrogens with two attached hydrogens (primary N) is 1. The Morgan fingerprint density at radius 3 is 2.71 bits per heavy atom. The van der Waals surface area contributed by atoms with E-state index in [1.54, 1.807) is 12.1 Å². The first-order valence-corrected chi connectivity index (χ1v) is 15.1. The van der Waals surface area contributed by atoms with E-state index in [1.807, 2.05) is 0 Å². The predicted molar refractivity (Wildman–Crippen MR) is 149 cm³/mol. The third-order valence-corrected chi connectivity index (χ3v) is 10.5. The summed E-state index contributed by atoms with van der Waals surface area (Å²) in [7, 11) is 0. The zero-order chi connectivity index (χ0) is 28.1. The molecule has 41 heavy (non-hydrogen) atoms. The van der Waals surface area contributed by atoms with Crippen molar-refractivity contribution in [2.75, 3.05) is 24.0 Å². The number of thiazole rings is 1. The third kappa shape index (κ3) is 5.42. The van der Waals surface area contributed by atoms with Gasteiger partial charge in [-0.15, -0.1) is 46.2 Å². The van der Waals surface area contributed by atoms with Crippen LogP contribution in [0.4, 0.5) is 5.13 Å². The Hall–Kier alpha value is -2.80. The molecule has 4 N–H and O–H groups in total. The number of carbonyl (C=O) groups is 2. The second kappa shape index (κ2) is 11.8. The van der Waals surface area contributed by atoms with Crippen molar-refractivity contribution in [3.05, 3.63) is 50.8 Å². The average molecular weight is 642 g/mol. The van der Waals surface area contributed by atoms with Crippen LogP contribution in [0.3, 0.4) is 0 Å². The molecule has 1 amide bonds. The quantitative estimate of drug-likeness (QED) is 0.0508. The van der Waals surface area contributed by atoms with Crippen LogP contribution in [0, 0.1) is 0 Å². The van der Waals surface area contributed by atoms with Gasteiger partial charge in [-0.05, 0) is 11.6 Å². The van der Waals surface area contributed by atoms with Crippen LogP contribution in [0.25, 0.3) is 10.1 Å². The van der Waals surface area contributed by atoms with E-state index in [0.29, 0.717) is 31.4 Å². The molecule has 2 aromatic heterocycles. The maximum absolute atomic E-state index is 13.0. The molecule has 1 fully saturated rings. The number of anilines is 1. The molecule has 0 saturated carbocycles. The molecule has 0 aliphatic carbocycles. The summed E-state index contributed by atoms with van der Waals surface area (Å²) >= 11 is 4.97. The van der Waals surface area contributed by atoms with Crippen LogP contribution >= 0.6 is 46.2 Å². The summed E-state index contributed by atoms with van der Waals surface area (Å²) in [6.45, 7) is 0.0888. The number of carboxylic acid groups (broad SMARTS) is 1. The summed E-state index contributed by atoms with van der Waals surface area (Å²) < 4.78 is 12.1. The number of ether oxygens (including phenoxy) is 2. The number of hydrogen-bond donors (Lipinski definition) is 3. The predicted octanol–water partition coefficient (Wildman–Crippen LogP) is -1.62. The van der Waals surface area contributed by atoms with Crippen molar-refractivity contribution < 1.29 is 64.0 Å². The van der Waals surface area contributed by atoms with Gasteiger partial charge in [0.05, 0.1) is 4.21 Å². The SMILES string of the molecule is Nc1nc(/C(=N\O)C([O-])=N[C@@H]2C(=O)N3C(C(=O)O)=C(CSc4cc(=O)c5cc6c(cc5s4)OCO6)CS[C@H]23)cs1.[Na+]. The molecule has 1 saturated heterocycles. The summed E-state index contributed by atoms with van der Waals surface area (Å²) in [5, 5.41) is 36.2. The first-order valence-electron chi connectivity index (χ1n) is 11.3. The number of rotatable bonds is 7. The van der Waals surface area contributed by atoms with Gasteiger partial charge >= 0.3 is 35.5 Å². The van der Waals surface area contributed by atoms with Crippen LogP contribution in [0.2, 0.25) is 0 Å². The summed E-state index contributed by atoms with van der Waals surface area (Å²) in [5.74, 6) is -1.35. The van der Waals surface area contributed by atoms with E-state index in [0.717, 1.165) is 16.2 Å². The van der Waals surface area contributed by atoms with Gasteiger partial charge in [0, 0.05) is 45.0 Å². The smallest absolute Gasteiger partial charge is 0.857 e. The van der Waals surface area contributed by atoms with Crippen molar-refractivity contribution in [3.8, 4) is 11.5 Å². The minimum atomic E-state index is -1.28. The van der Waals surface area contributed by atoms with Crippen LogP contribution in [0.1, 0.15) is 5.69 Å². The van der Waals surface area contributed by atoms with Gasteiger partial charge in [0.1, 0.15) is 22.5 Å². The molecule has 0 bridgehead atoms. The van der Waals surface area contributed by atoms with Crippen molar-refractivity contribution in [2.24, 2.45) is 10.1 Å². The molecule has 0 radical (unpaired) electrons. The second-order valence-electron chi connectivity index (χ2n) is 8.49. The second-order valence-corrected chi connectivity index (χ2v) is 12.8. The van der Waals surface area contributed by atoms with Gasteiger partial charge in [-0.2, -0.15) is 0 Å². The molecule has 3 aliphatic rings. The van der Waals surface area contributed by atoms with Crippen molar-refractivity contribution in [3.63, 3.8) is 0 Å². The maximum Gasteiger partial charge on any atom is 1.00 e. The van der Waals surface area contributed by atoms with Gasteiger partial charge in [0.2, 0.25) is 6.79 Å². The number of hydrogen-bond acceptors (Lipinski definition) is 15. The van der Waals surface area contributed by atoms with Crippen molar-refractivity contribution in [1.29, 1.82) is 0 Å². The molecule has 5 heterocycles. The van der Waals surface area contributed by atoms with Gasteiger partial charge in [-0.3, -0.25) is 19.5 Å². The molecule has 13 nitrogen and oxygen atoms in total. The number of aromatic nitrogens is 1. The number of carboxylic acids is 1. The van der Waals surface area contributed by atoms with Crippen molar-refractivity contribution in [2.45, 2.75) is 15.6 Å². The first kappa shape index (κ1) is 29.7. The number of nitrogens with zero attached hydrogens (tertiary/aromatic N) is 4. The monoisotopic (exact) mass is 641 g/mol. The number of aliphatic carboxylic acids is 1. The normalized spacial score (nSPS) is 20.1. The summed E-state index contributed by atoms with van der Waals surface area (Å²) in [6.07, 6.45) is 0. The minimum absolute atomic E-state index is 0. The number of fused-ring (bicyclic) bond motifs is 3. The Kier molecular flexibility index (Phi) is 8.56. The number of amides is 1. The minimum Gasteiger partial charge on any atom is -0.857 e. The third-order valence-electron chi connectivity index (χ3n) is 6.13. The summed E-state index contributed by atoms with van der Waals surface area (Å²) in [6, 6.07) is 3.74. The number of benzene rings is 1. The van der Waals surface area contributed by atoms with Crippen molar-refractivity contribution in [1.82, 2.24) is 9.88 Å². The molecule has 2 atom stereocenters. The fourth-order valence-corrected chi connectivity index (χ4v) is 8.55. The number of oxime groups is 1. The number of β-lactam (4-membered cyclic amide) rings is 1. The molecular weight excluding hydrogens is 626 g/mol. The van der Waals surface area contributed by atoms with E-state index in [4.69, 9.17) is 15.2 Å². The van der Waals surface area contributed by atoms with E-state index < -0.39 is 34.9 Å². The van der Waals surface area contributed by atoms with Gasteiger partial charge < -0.3 is 30.6 Å². The molecule has 0 unspecified atom stereocenters. The molecule has 0 spiro atoms. The van der Waals surface area contributed by atoms with E-state index in [2.05, 4.69) is 15.1 Å². The van der Waals surface area contributed by atoms with Gasteiger partial charge in [0.25, 0.3) is 5.91 Å². The van der Waals surface area contributed by atoms with Crippen LogP contribution in [0.5, 0.6) is 11.5 Å². The van der Waals surface area contributed by atoms with Crippen LogP contribution in [-0.2, 0) is 9.59 Å². The van der Waals surface area contributed by atoms with Crippen LogP contribution < -0.4 is 55.3 Å². The summed E-state index contributed by atoms with van der Waals surface area (Å²) in [4.78, 5) is 46.8. The molecular formula is C23H16N5NaO8S4. The van der Waals surface area contributed by atoms with E-state index >= 15 is 0 Å². The Balaban J connectivity index is 0.00000337. The number of carbonyl (C=O) groups excluding carboxylic acids is 1. The molecule has 206 valence electrons. The Morgan fingerprint density at radius 2 is 2.02 bits per heavy atom. The Bertz CT molecular complexity index is 1740. The Labute approximate surface area is 269 Å². The van der Waals surface area contributed by atoms with E-state index in [1.165, 1.54) is 46.3 Å². The van der Waals surface area contributed by atoms with Crippen molar-refractivity contribution >= 4 is 84.9 Å². The molecule has 6 rings (SSSR count). The molecule has 18 heteroatoms. The maximum atomic E-state index is 13.0. The van der Waals surface area contributed by atoms with Gasteiger partial charge in [-0.25, -0.2) is 9.78 Å². The molecule has 1 aromatic carbocycles. The van der Waals surface area contributed by atoms with Gasteiger partial charge in [0.15, 0.2) is 28.1 Å². The Morgan fingerprint density at radius 1 is 1.27 bits per heavy atom. The standard InChI is InChI=1S/C23H17N5O8S4.Na/c24-23-25-10(6-39-23)16(27-34)19(30)26-17-20(31)28-18(22(32)33)8(5-38-21(17)28)4-37-15-2-11(29)9-1-12-13(36-7-35-12)3-14(9)40-15;/h1-3,6,17,21,34H,4-5,7H2,(H2,24,25)(H,26,30)(H,32,33);/q;+1/p-1/b27-16+;/t17-,21-;/m1./s1.